The summed E-state index contributed by atoms with van der Waals surface area (Å²) in [5, 5.41) is 0. The van der Waals surface area contributed by atoms with E-state index < -0.39 is 6.09 Å². The average molecular weight is 227 g/mol. The van der Waals surface area contributed by atoms with E-state index >= 15 is 0 Å². The van der Waals surface area contributed by atoms with Crippen molar-refractivity contribution in [3.8, 4) is 0 Å². The molecule has 92 valence electrons. The first-order chi connectivity index (χ1) is 7.47. The highest BCUT2D eigenvalue weighted by Crippen LogP contribution is 2.22. The van der Waals surface area contributed by atoms with Gasteiger partial charge in [-0.05, 0) is 11.8 Å². The van der Waals surface area contributed by atoms with Gasteiger partial charge < -0.3 is 4.74 Å². The molecule has 0 aromatic heterocycles. The topological polar surface area (TPSA) is 46.6 Å². The van der Waals surface area contributed by atoms with Gasteiger partial charge in [0.2, 0.25) is 5.91 Å². The van der Waals surface area contributed by atoms with E-state index in [9.17, 15) is 9.59 Å². The van der Waals surface area contributed by atoms with Crippen molar-refractivity contribution in [3.05, 3.63) is 0 Å². The number of rotatable bonds is 4. The zero-order chi connectivity index (χ0) is 12.3. The first-order valence-electron chi connectivity index (χ1n) is 5.96. The minimum Gasteiger partial charge on any atom is -0.447 e. The lowest BCUT2D eigenvalue weighted by Gasteiger charge is -2.23. The van der Waals surface area contributed by atoms with Crippen LogP contribution < -0.4 is 0 Å². The Hall–Kier alpha value is -1.06. The number of hydrogen-bond acceptors (Lipinski definition) is 3. The lowest BCUT2D eigenvalue weighted by molar-refractivity contribution is -0.130. The van der Waals surface area contributed by atoms with Crippen LogP contribution in [0.5, 0.6) is 0 Å². The molecule has 2 unspecified atom stereocenters. The second-order valence-corrected chi connectivity index (χ2v) is 4.87. The zero-order valence-electron chi connectivity index (χ0n) is 10.5. The van der Waals surface area contributed by atoms with Crippen LogP contribution in [0.1, 0.15) is 40.5 Å². The van der Waals surface area contributed by atoms with E-state index in [1.807, 2.05) is 27.7 Å². The maximum Gasteiger partial charge on any atom is 0.416 e. The Labute approximate surface area is 96.9 Å². The number of carbonyl (C=O) groups excluding carboxylic acids is 2. The van der Waals surface area contributed by atoms with Gasteiger partial charge >= 0.3 is 6.09 Å². The lowest BCUT2D eigenvalue weighted by Crippen LogP contribution is -2.42. The van der Waals surface area contributed by atoms with Gasteiger partial charge in [0.05, 0.1) is 6.04 Å². The quantitative estimate of drug-likeness (QED) is 0.741. The molecule has 0 aliphatic carbocycles. The minimum atomic E-state index is -0.480. The summed E-state index contributed by atoms with van der Waals surface area (Å²) < 4.78 is 4.94. The Morgan fingerprint density at radius 1 is 1.50 bits per heavy atom. The Kier molecular flexibility index (Phi) is 4.33. The molecule has 4 nitrogen and oxygen atoms in total. The molecule has 4 heteroatoms. The Bertz CT molecular complexity index is 275. The lowest BCUT2D eigenvalue weighted by atomic mass is 10.0. The van der Waals surface area contributed by atoms with Crippen LogP contribution in [0.15, 0.2) is 0 Å². The van der Waals surface area contributed by atoms with Crippen molar-refractivity contribution >= 4 is 12.0 Å². The molecule has 0 radical (unpaired) electrons. The molecule has 1 rings (SSSR count). The van der Waals surface area contributed by atoms with Gasteiger partial charge in [0.1, 0.15) is 6.61 Å². The van der Waals surface area contributed by atoms with Crippen LogP contribution in [0.25, 0.3) is 0 Å². The smallest absolute Gasteiger partial charge is 0.416 e. The van der Waals surface area contributed by atoms with Gasteiger partial charge in [-0.1, -0.05) is 34.1 Å². The van der Waals surface area contributed by atoms with Gasteiger partial charge in [0, 0.05) is 6.42 Å². The summed E-state index contributed by atoms with van der Waals surface area (Å²) in [6.45, 7) is 8.39. The van der Waals surface area contributed by atoms with Crippen molar-refractivity contribution < 1.29 is 14.3 Å². The predicted molar refractivity (Wildman–Crippen MR) is 60.9 cm³/mol. The maximum atomic E-state index is 12.0. The molecule has 0 N–H and O–H groups in total. The summed E-state index contributed by atoms with van der Waals surface area (Å²) in [6, 6.07) is -0.0935. The van der Waals surface area contributed by atoms with E-state index in [2.05, 4.69) is 0 Å². The molecule has 1 heterocycles. The fourth-order valence-corrected chi connectivity index (χ4v) is 1.75. The summed E-state index contributed by atoms with van der Waals surface area (Å²) >= 11 is 0. The van der Waals surface area contributed by atoms with Crippen LogP contribution in [0.4, 0.5) is 4.79 Å². The van der Waals surface area contributed by atoms with E-state index in [0.717, 1.165) is 6.42 Å². The highest BCUT2D eigenvalue weighted by Gasteiger charge is 2.39. The number of ether oxygens (including phenoxy) is 1. The first-order valence-corrected chi connectivity index (χ1v) is 5.96. The second kappa shape index (κ2) is 5.32. The van der Waals surface area contributed by atoms with Crippen LogP contribution in [0.2, 0.25) is 0 Å². The number of amides is 2. The molecule has 0 aromatic rings. The first kappa shape index (κ1) is 13.0. The van der Waals surface area contributed by atoms with Crippen molar-refractivity contribution in [1.82, 2.24) is 4.90 Å². The molecule has 2 atom stereocenters. The molecule has 2 amide bonds. The summed E-state index contributed by atoms with van der Waals surface area (Å²) in [5.41, 5.74) is 0. The van der Waals surface area contributed by atoms with Crippen molar-refractivity contribution in [1.29, 1.82) is 0 Å². The molecule has 1 aliphatic rings. The molecular weight excluding hydrogens is 206 g/mol. The number of hydrogen-bond donors (Lipinski definition) is 0. The zero-order valence-corrected chi connectivity index (χ0v) is 10.5. The maximum absolute atomic E-state index is 12.0. The number of carbonyl (C=O) groups is 2. The van der Waals surface area contributed by atoms with Gasteiger partial charge in [-0.15, -0.1) is 0 Å². The third kappa shape index (κ3) is 2.74. The normalized spacial score (nSPS) is 22.4. The SMILES string of the molecule is CCC(C)CC(=O)N1C(=O)OCC1C(C)C. The van der Waals surface area contributed by atoms with Crippen molar-refractivity contribution in [2.75, 3.05) is 6.61 Å². The fraction of sp³-hybridized carbons (Fsp3) is 0.833. The standard InChI is InChI=1S/C12H21NO3/c1-5-9(4)6-11(14)13-10(8(2)3)7-16-12(13)15/h8-10H,5-7H2,1-4H3. The number of cyclic esters (lactones) is 1. The third-order valence-corrected chi connectivity index (χ3v) is 3.16. The van der Waals surface area contributed by atoms with Crippen molar-refractivity contribution in [2.24, 2.45) is 11.8 Å². The Morgan fingerprint density at radius 2 is 2.12 bits per heavy atom. The fourth-order valence-electron chi connectivity index (χ4n) is 1.75. The number of nitrogens with zero attached hydrogens (tertiary/aromatic N) is 1. The van der Waals surface area contributed by atoms with E-state index in [0.29, 0.717) is 18.9 Å². The predicted octanol–water partition coefficient (Wildman–Crippen LogP) is 2.43. The van der Waals surface area contributed by atoms with Gasteiger partial charge in [-0.3, -0.25) is 4.79 Å². The van der Waals surface area contributed by atoms with E-state index in [1.54, 1.807) is 0 Å². The minimum absolute atomic E-state index is 0.0935. The van der Waals surface area contributed by atoms with Gasteiger partial charge in [-0.2, -0.15) is 0 Å². The molecule has 1 fully saturated rings. The molecular formula is C12H21NO3. The highest BCUT2D eigenvalue weighted by atomic mass is 16.6. The van der Waals surface area contributed by atoms with E-state index in [4.69, 9.17) is 4.74 Å². The summed E-state index contributed by atoms with van der Waals surface area (Å²) in [4.78, 5) is 24.8. The largest absolute Gasteiger partial charge is 0.447 e. The van der Waals surface area contributed by atoms with Crippen LogP contribution >= 0.6 is 0 Å². The molecule has 0 bridgehead atoms. The van der Waals surface area contributed by atoms with E-state index in [1.165, 1.54) is 4.90 Å². The third-order valence-electron chi connectivity index (χ3n) is 3.16. The molecule has 0 spiro atoms. The van der Waals surface area contributed by atoms with E-state index in [-0.39, 0.29) is 17.9 Å². The van der Waals surface area contributed by atoms with Gasteiger partial charge in [-0.25, -0.2) is 9.69 Å². The molecule has 16 heavy (non-hydrogen) atoms. The van der Waals surface area contributed by atoms with Crippen LogP contribution in [-0.2, 0) is 9.53 Å². The van der Waals surface area contributed by atoms with Gasteiger partial charge in [0.15, 0.2) is 0 Å². The molecule has 1 aliphatic heterocycles. The van der Waals surface area contributed by atoms with Crippen LogP contribution in [-0.4, -0.2) is 29.5 Å². The Balaban J connectivity index is 2.68. The molecule has 0 aromatic carbocycles. The summed E-state index contributed by atoms with van der Waals surface area (Å²) in [6.07, 6.45) is 0.891. The molecule has 0 saturated carbocycles. The average Bonchev–Trinajstić information content (AvgIpc) is 2.59. The molecule has 1 saturated heterocycles. The summed E-state index contributed by atoms with van der Waals surface area (Å²) in [5.74, 6) is 0.455. The second-order valence-electron chi connectivity index (χ2n) is 4.87. The van der Waals surface area contributed by atoms with Crippen molar-refractivity contribution in [3.63, 3.8) is 0 Å². The van der Waals surface area contributed by atoms with Crippen LogP contribution in [0.3, 0.4) is 0 Å². The Morgan fingerprint density at radius 3 is 2.62 bits per heavy atom. The van der Waals surface area contributed by atoms with Gasteiger partial charge in [0.25, 0.3) is 0 Å². The highest BCUT2D eigenvalue weighted by molar-refractivity contribution is 5.93. The van der Waals surface area contributed by atoms with Crippen LogP contribution in [0, 0.1) is 11.8 Å². The summed E-state index contributed by atoms with van der Waals surface area (Å²) in [7, 11) is 0. The number of imide groups is 1. The monoisotopic (exact) mass is 227 g/mol. The van der Waals surface area contributed by atoms with Crippen molar-refractivity contribution in [2.45, 2.75) is 46.6 Å².